The van der Waals surface area contributed by atoms with Gasteiger partial charge in [-0.15, -0.1) is 5.92 Å². The normalized spacial score (nSPS) is 13.1. The predicted molar refractivity (Wildman–Crippen MR) is 163 cm³/mol. The molecule has 41 heavy (non-hydrogen) atoms. The van der Waals surface area contributed by atoms with Gasteiger partial charge in [0.25, 0.3) is 0 Å². The van der Waals surface area contributed by atoms with Crippen LogP contribution in [0.4, 0.5) is 0 Å². The number of benzene rings is 3. The van der Waals surface area contributed by atoms with E-state index in [1.807, 2.05) is 31.2 Å². The Labute approximate surface area is 243 Å². The lowest BCUT2D eigenvalue weighted by molar-refractivity contribution is -0.137. The van der Waals surface area contributed by atoms with Crippen LogP contribution in [0.3, 0.4) is 0 Å². The molecule has 216 valence electrons. The molecule has 0 spiro atoms. The zero-order valence-electron chi connectivity index (χ0n) is 24.0. The van der Waals surface area contributed by atoms with Crippen LogP contribution in [-0.4, -0.2) is 44.2 Å². The number of rotatable bonds is 12. The third kappa shape index (κ3) is 7.71. The number of fused-ring (bicyclic) bond motifs is 3. The number of hydrogen-bond donors (Lipinski definition) is 1. The highest BCUT2D eigenvalue weighted by Crippen LogP contribution is 2.40. The number of aryl methyl sites for hydroxylation is 2. The van der Waals surface area contributed by atoms with Crippen molar-refractivity contribution in [1.82, 2.24) is 0 Å². The van der Waals surface area contributed by atoms with Crippen LogP contribution in [0.15, 0.2) is 54.6 Å². The molecule has 1 atom stereocenters. The molecule has 0 saturated heterocycles. The van der Waals surface area contributed by atoms with Gasteiger partial charge < -0.3 is 14.6 Å². The van der Waals surface area contributed by atoms with E-state index in [-0.39, 0.29) is 17.9 Å². The van der Waals surface area contributed by atoms with Gasteiger partial charge in [0, 0.05) is 11.3 Å². The van der Waals surface area contributed by atoms with Crippen LogP contribution >= 0.6 is 0 Å². The average Bonchev–Trinajstić information content (AvgIpc) is 3.13. The first-order chi connectivity index (χ1) is 19.7. The van der Waals surface area contributed by atoms with Gasteiger partial charge in [0.05, 0.1) is 31.3 Å². The van der Waals surface area contributed by atoms with Crippen LogP contribution in [0.1, 0.15) is 62.6 Å². The maximum absolute atomic E-state index is 11.8. The lowest BCUT2D eigenvalue weighted by Gasteiger charge is -2.17. The molecule has 0 bridgehead atoms. The van der Waals surface area contributed by atoms with Crippen LogP contribution in [0.5, 0.6) is 11.5 Å². The quantitative estimate of drug-likeness (QED) is 0.191. The van der Waals surface area contributed by atoms with Crippen LogP contribution in [0, 0.1) is 11.8 Å². The summed E-state index contributed by atoms with van der Waals surface area (Å²) in [6.45, 7) is 6.17. The number of carboxylic acid groups (broad SMARTS) is 1. The molecule has 0 radical (unpaired) electrons. The Hall–Kier alpha value is -3.76. The first-order valence-electron chi connectivity index (χ1n) is 14.2. The summed E-state index contributed by atoms with van der Waals surface area (Å²) in [5.41, 5.74) is 7.67. The highest BCUT2D eigenvalue weighted by molar-refractivity contribution is 7.91. The largest absolute Gasteiger partial charge is 0.494 e. The van der Waals surface area contributed by atoms with E-state index in [0.29, 0.717) is 25.4 Å². The smallest absolute Gasteiger partial charge is 0.304 e. The Kier molecular flexibility index (Phi) is 10.1. The molecular formula is C34H38O6S. The van der Waals surface area contributed by atoms with Crippen LogP contribution in [-0.2, 0) is 27.5 Å². The number of carbonyl (C=O) groups is 1. The van der Waals surface area contributed by atoms with Gasteiger partial charge in [-0.25, -0.2) is 8.42 Å². The molecule has 4 rings (SSSR count). The first-order valence-corrected chi connectivity index (χ1v) is 16.1. The van der Waals surface area contributed by atoms with Gasteiger partial charge in [-0.1, -0.05) is 43.2 Å². The van der Waals surface area contributed by atoms with E-state index in [9.17, 15) is 18.3 Å². The van der Waals surface area contributed by atoms with E-state index in [2.05, 4.69) is 42.2 Å². The van der Waals surface area contributed by atoms with Crippen molar-refractivity contribution in [2.24, 2.45) is 0 Å². The van der Waals surface area contributed by atoms with Crippen molar-refractivity contribution in [1.29, 1.82) is 0 Å². The molecule has 0 heterocycles. The molecule has 7 heteroatoms. The van der Waals surface area contributed by atoms with Gasteiger partial charge in [-0.2, -0.15) is 0 Å². The minimum absolute atomic E-state index is 0.0646. The zero-order chi connectivity index (χ0) is 29.4. The SMILES string of the molecule is CC#C[C@@H](CC(=O)O)c1ccc(-c2ccc3c(c2)-c2ccc(OCCCS(=O)(=O)CC)cc2CCC3)c(OCC)c1. The second-order valence-electron chi connectivity index (χ2n) is 10.2. The number of carboxylic acids is 1. The van der Waals surface area contributed by atoms with Crippen molar-refractivity contribution in [3.05, 3.63) is 71.3 Å². The standard InChI is InChI=1S/C34H38O6S/c1-4-9-25(23-34(35)36)26-14-16-31(33(22-26)39-5-2)28-13-12-24-10-7-11-27-20-29(15-17-30(27)32(24)21-28)40-18-8-19-41(37,38)6-3/h12-17,20-22,25H,5-8,10-11,18-19,23H2,1-3H3,(H,35,36)/t25-/m0/s1. The Morgan fingerprint density at radius 2 is 1.73 bits per heavy atom. The van der Waals surface area contributed by atoms with Crippen LogP contribution in [0.25, 0.3) is 22.3 Å². The van der Waals surface area contributed by atoms with Crippen LogP contribution < -0.4 is 9.47 Å². The number of sulfone groups is 1. The highest BCUT2D eigenvalue weighted by Gasteiger charge is 2.19. The minimum Gasteiger partial charge on any atom is -0.494 e. The molecular weight excluding hydrogens is 536 g/mol. The predicted octanol–water partition coefficient (Wildman–Crippen LogP) is 6.69. The van der Waals surface area contributed by atoms with Crippen molar-refractivity contribution in [3.63, 3.8) is 0 Å². The third-order valence-electron chi connectivity index (χ3n) is 7.39. The molecule has 0 unspecified atom stereocenters. The lowest BCUT2D eigenvalue weighted by Crippen LogP contribution is -2.11. The van der Waals surface area contributed by atoms with Crippen LogP contribution in [0.2, 0.25) is 0 Å². The third-order valence-corrected chi connectivity index (χ3v) is 9.18. The second-order valence-corrected chi connectivity index (χ2v) is 12.7. The van der Waals surface area contributed by atoms with Crippen molar-refractivity contribution in [2.75, 3.05) is 24.7 Å². The molecule has 0 saturated carbocycles. The fourth-order valence-corrected chi connectivity index (χ4v) is 6.14. The molecule has 1 aliphatic rings. The maximum atomic E-state index is 11.8. The van der Waals surface area contributed by atoms with Gasteiger partial charge in [0.2, 0.25) is 0 Å². The van der Waals surface area contributed by atoms with Gasteiger partial charge >= 0.3 is 5.97 Å². The van der Waals surface area contributed by atoms with E-state index in [0.717, 1.165) is 41.7 Å². The summed E-state index contributed by atoms with van der Waals surface area (Å²) < 4.78 is 35.5. The number of hydrogen-bond acceptors (Lipinski definition) is 5. The van der Waals surface area contributed by atoms with E-state index in [4.69, 9.17) is 9.47 Å². The first kappa shape index (κ1) is 30.2. The molecule has 0 fully saturated rings. The van der Waals surface area contributed by atoms with E-state index in [1.54, 1.807) is 13.8 Å². The molecule has 0 aliphatic heterocycles. The van der Waals surface area contributed by atoms with Crippen molar-refractivity contribution >= 4 is 15.8 Å². The van der Waals surface area contributed by atoms with E-state index < -0.39 is 21.7 Å². The topological polar surface area (TPSA) is 89.9 Å². The van der Waals surface area contributed by atoms with Gasteiger partial charge in [-0.05, 0) is 97.2 Å². The minimum atomic E-state index is -2.99. The fourth-order valence-electron chi connectivity index (χ4n) is 5.29. The van der Waals surface area contributed by atoms with Gasteiger partial charge in [0.15, 0.2) is 0 Å². The average molecular weight is 575 g/mol. The lowest BCUT2D eigenvalue weighted by atomic mass is 9.90. The maximum Gasteiger partial charge on any atom is 0.304 e. The molecule has 0 amide bonds. The number of ether oxygens (including phenoxy) is 2. The highest BCUT2D eigenvalue weighted by atomic mass is 32.2. The number of aliphatic carboxylic acids is 1. The summed E-state index contributed by atoms with van der Waals surface area (Å²) in [6, 6.07) is 18.6. The summed E-state index contributed by atoms with van der Waals surface area (Å²) in [7, 11) is -2.99. The van der Waals surface area contributed by atoms with Gasteiger partial charge in [-0.3, -0.25) is 4.79 Å². The monoisotopic (exact) mass is 574 g/mol. The second kappa shape index (κ2) is 13.7. The summed E-state index contributed by atoms with van der Waals surface area (Å²) >= 11 is 0. The Balaban J connectivity index is 1.64. The fraction of sp³-hybridized carbons (Fsp3) is 0.382. The van der Waals surface area contributed by atoms with Gasteiger partial charge in [0.1, 0.15) is 21.3 Å². The summed E-state index contributed by atoms with van der Waals surface area (Å²) in [5, 5.41) is 9.37. The molecule has 1 N–H and O–H groups in total. The Bertz CT molecular complexity index is 1560. The zero-order valence-corrected chi connectivity index (χ0v) is 24.9. The Morgan fingerprint density at radius 3 is 2.46 bits per heavy atom. The molecule has 3 aromatic rings. The van der Waals surface area contributed by atoms with E-state index in [1.165, 1.54) is 22.3 Å². The molecule has 0 aromatic heterocycles. The Morgan fingerprint density at radius 1 is 0.951 bits per heavy atom. The summed E-state index contributed by atoms with van der Waals surface area (Å²) in [5.74, 6) is 6.36. The van der Waals surface area contributed by atoms with E-state index >= 15 is 0 Å². The molecule has 3 aromatic carbocycles. The van der Waals surface area contributed by atoms with Crippen molar-refractivity contribution in [2.45, 2.75) is 58.8 Å². The molecule has 1 aliphatic carbocycles. The summed E-state index contributed by atoms with van der Waals surface area (Å²) in [6.07, 6.45) is 3.34. The van der Waals surface area contributed by atoms with Crippen molar-refractivity contribution < 1.29 is 27.8 Å². The van der Waals surface area contributed by atoms with Crippen molar-refractivity contribution in [3.8, 4) is 45.6 Å². The molecule has 6 nitrogen and oxygen atoms in total. The summed E-state index contributed by atoms with van der Waals surface area (Å²) in [4.78, 5) is 11.4.